The van der Waals surface area contributed by atoms with Crippen LogP contribution in [0.4, 0.5) is 4.79 Å². The van der Waals surface area contributed by atoms with Crippen molar-refractivity contribution in [3.63, 3.8) is 0 Å². The number of nitrogens with zero attached hydrogens (tertiary/aromatic N) is 2. The van der Waals surface area contributed by atoms with E-state index in [4.69, 9.17) is 16.3 Å². The first-order valence-corrected chi connectivity index (χ1v) is 44.2. The molecule has 3 heterocycles. The van der Waals surface area contributed by atoms with E-state index in [0.29, 0.717) is 79.6 Å². The van der Waals surface area contributed by atoms with Crippen LogP contribution in [0.1, 0.15) is 273 Å². The maximum Gasteiger partial charge on any atom is 0.410 e. The Hall–Kier alpha value is -7.14. The third-order valence-electron chi connectivity index (χ3n) is 19.2. The molecule has 0 spiro atoms. The fourth-order valence-corrected chi connectivity index (χ4v) is 13.4. The Morgan fingerprint density at radius 1 is 0.443 bits per heavy atom. The van der Waals surface area contributed by atoms with Gasteiger partial charge in [-0.15, -0.1) is 0 Å². The van der Waals surface area contributed by atoms with E-state index >= 15 is 0 Å². The molecule has 0 bridgehead atoms. The van der Waals surface area contributed by atoms with Crippen molar-refractivity contribution in [1.29, 1.82) is 0 Å². The summed E-state index contributed by atoms with van der Waals surface area (Å²) in [4.78, 5) is 39.3. The number of carbonyl (C=O) groups excluding carboxylic acids is 3. The number of carbonyl (C=O) groups is 3. The molecule has 2 aliphatic carbocycles. The highest BCUT2D eigenvalue weighted by Gasteiger charge is 2.31. The normalized spacial score (nSPS) is 17.4. The Morgan fingerprint density at radius 2 is 0.826 bits per heavy atom. The molecule has 0 radical (unpaired) electrons. The largest absolute Gasteiger partial charge is 0.444 e. The van der Waals surface area contributed by atoms with Gasteiger partial charge in [0.1, 0.15) is 5.60 Å². The van der Waals surface area contributed by atoms with Crippen molar-refractivity contribution in [2.24, 2.45) is 41.4 Å². The van der Waals surface area contributed by atoms with Crippen molar-refractivity contribution in [2.75, 3.05) is 46.3 Å². The van der Waals surface area contributed by atoms with E-state index in [1.165, 1.54) is 119 Å². The molecule has 3 aromatic carbocycles. The Balaban J connectivity index is 0.00000128. The SMILES string of the molecule is C=C(NC(C)C)C(C)C.C=C(NC(C)C)C1CCC(C)CC1.C=C(NC(C)C)C1CCCC1.C=C(NC(C)C)C1CCCNC1.C=C(NC(C)C)C1CCN(C)CC1.C=C(NC(C)C)c1ccc(Cl)cc1.C=C(NC(C)C)c1ccccc1.CC(C)NC(=O)C1CCCN(C(=O)OC(C)(C)C)C1.CC(C)NC(=O)Cc1ccccc1. The van der Waals surface area contributed by atoms with Crippen molar-refractivity contribution >= 4 is 40.9 Å². The maximum absolute atomic E-state index is 12.0. The van der Waals surface area contributed by atoms with Crippen molar-refractivity contribution in [1.82, 2.24) is 63.0 Å². The lowest BCUT2D eigenvalue weighted by Gasteiger charge is -2.33. The summed E-state index contributed by atoms with van der Waals surface area (Å²) < 4.78 is 5.34. The summed E-state index contributed by atoms with van der Waals surface area (Å²) in [5, 5.41) is 33.3. The number of amides is 3. The first kappa shape index (κ1) is 108. The van der Waals surface area contributed by atoms with Crippen molar-refractivity contribution < 1.29 is 19.1 Å². The molecule has 5 aliphatic rings. The average molecular weight is 1620 g/mol. The molecule has 2 atom stereocenters. The van der Waals surface area contributed by atoms with Crippen LogP contribution in [0.5, 0.6) is 0 Å². The molecule has 654 valence electrons. The van der Waals surface area contributed by atoms with Gasteiger partial charge < -0.3 is 67.7 Å². The van der Waals surface area contributed by atoms with E-state index in [-0.39, 0.29) is 35.9 Å². The molecule has 2 unspecified atom stereocenters. The lowest BCUT2D eigenvalue weighted by Crippen LogP contribution is -2.48. The first-order chi connectivity index (χ1) is 53.8. The minimum absolute atomic E-state index is 0.0308. The lowest BCUT2D eigenvalue weighted by atomic mass is 9.81. The van der Waals surface area contributed by atoms with Crippen LogP contribution in [0, 0.1) is 41.4 Å². The highest BCUT2D eigenvalue weighted by Crippen LogP contribution is 2.32. The molecule has 115 heavy (non-hydrogen) atoms. The zero-order valence-corrected chi connectivity index (χ0v) is 78.3. The molecule has 0 aromatic heterocycles. The summed E-state index contributed by atoms with van der Waals surface area (Å²) in [5.74, 6) is 4.30. The van der Waals surface area contributed by atoms with Gasteiger partial charge in [-0.3, -0.25) is 9.59 Å². The highest BCUT2D eigenvalue weighted by molar-refractivity contribution is 6.30. The van der Waals surface area contributed by atoms with Crippen LogP contribution in [0.3, 0.4) is 0 Å². The number of benzene rings is 3. The molecule has 2 saturated carbocycles. The van der Waals surface area contributed by atoms with Crippen LogP contribution in [-0.2, 0) is 20.7 Å². The van der Waals surface area contributed by atoms with Crippen LogP contribution in [-0.4, -0.2) is 134 Å². The molecule has 16 nitrogen and oxygen atoms in total. The third kappa shape index (κ3) is 56.0. The second-order valence-electron chi connectivity index (χ2n) is 36.1. The maximum atomic E-state index is 12.0. The van der Waals surface area contributed by atoms with Gasteiger partial charge in [0.15, 0.2) is 0 Å². The number of hydrogen-bond donors (Lipinski definition) is 10. The van der Waals surface area contributed by atoms with Gasteiger partial charge in [0, 0.05) is 131 Å². The quantitative estimate of drug-likeness (QED) is 0.0366. The molecule has 10 N–H and O–H groups in total. The standard InChI is InChI=1S/C14H26N2O3.C12H23N.C11H14ClN.C11H22N2.C11H15NO.C11H15N.C10H20N2.C10H19N.C8H17N/c1-10(2)15-12(17)11-7-6-8-16(9-11)13(18)19-14(3,4)5;1-9(2)13-11(4)12-7-5-10(3)6-8-12;1-8(2)13-9(3)10-4-6-11(12)7-5-10;1-9(2)12-10(3)11-5-7-13(4)8-6-11;1-9(2)12-11(13)8-10-6-4-3-5-7-10;1-9(2)12-10(3)11-7-5-4-6-8-11;1-8(2)12-9(3)10-5-4-6-11-7-10;1-8(2)11-9(3)10-6-4-5-7-10;1-6(2)8(5)9-7(3)4/h10-11H,6-9H2,1-5H3,(H,15,17);9-10,12-13H,4-8H2,1-3H3;4-8,13H,3H2,1-2H3;9,11-12H,3,5-8H2,1-2,4H3;3-7,9H,8H2,1-2H3,(H,12,13);4-9,12H,3H2,1-2H3;8,10-12H,3-7H2,1-2H3;8,10-11H,3-7H2,1-2H3;6-7,9H,5H2,1-4H3. The summed E-state index contributed by atoms with van der Waals surface area (Å²) in [6.45, 7) is 83.9. The number of halogens is 1. The molecule has 17 heteroatoms. The Labute approximate surface area is 710 Å². The van der Waals surface area contributed by atoms with Gasteiger partial charge in [-0.1, -0.05) is 177 Å². The van der Waals surface area contributed by atoms with Crippen molar-refractivity contribution in [3.8, 4) is 0 Å². The van der Waals surface area contributed by atoms with Gasteiger partial charge in [0.05, 0.1) is 12.3 Å². The minimum Gasteiger partial charge on any atom is -0.444 e. The topological polar surface area (TPSA) is 187 Å². The molecular weight excluding hydrogens is 1440 g/mol. The van der Waals surface area contributed by atoms with Crippen LogP contribution >= 0.6 is 11.6 Å². The zero-order valence-electron chi connectivity index (χ0n) is 77.5. The van der Waals surface area contributed by atoms with E-state index < -0.39 is 5.60 Å². The van der Waals surface area contributed by atoms with Crippen molar-refractivity contribution in [3.05, 3.63) is 181 Å². The van der Waals surface area contributed by atoms with E-state index in [1.807, 2.05) is 121 Å². The summed E-state index contributed by atoms with van der Waals surface area (Å²) in [6.07, 6.45) is 17.8. The van der Waals surface area contributed by atoms with E-state index in [2.05, 4.69) is 241 Å². The number of rotatable bonds is 26. The first-order valence-electron chi connectivity index (χ1n) is 43.8. The van der Waals surface area contributed by atoms with E-state index in [1.54, 1.807) is 4.90 Å². The monoisotopic (exact) mass is 1620 g/mol. The lowest BCUT2D eigenvalue weighted by molar-refractivity contribution is -0.127. The van der Waals surface area contributed by atoms with Gasteiger partial charge >= 0.3 is 6.09 Å². The Morgan fingerprint density at radius 3 is 1.22 bits per heavy atom. The smallest absolute Gasteiger partial charge is 0.410 e. The second kappa shape index (κ2) is 60.4. The summed E-state index contributed by atoms with van der Waals surface area (Å²) in [6, 6.07) is 31.4. The van der Waals surface area contributed by atoms with E-state index in [9.17, 15) is 14.4 Å². The summed E-state index contributed by atoms with van der Waals surface area (Å²) in [5.41, 5.74) is 10.8. The van der Waals surface area contributed by atoms with Crippen LogP contribution in [0.15, 0.2) is 159 Å². The van der Waals surface area contributed by atoms with Gasteiger partial charge in [-0.25, -0.2) is 4.79 Å². The third-order valence-corrected chi connectivity index (χ3v) is 19.4. The van der Waals surface area contributed by atoms with Crippen LogP contribution in [0.25, 0.3) is 11.4 Å². The van der Waals surface area contributed by atoms with Gasteiger partial charge in [0.2, 0.25) is 11.8 Å². The molecule has 8 rings (SSSR count). The Bertz CT molecular complexity index is 3120. The summed E-state index contributed by atoms with van der Waals surface area (Å²) in [7, 11) is 2.19. The highest BCUT2D eigenvalue weighted by atomic mass is 35.5. The number of nitrogens with one attached hydrogen (secondary N) is 10. The van der Waals surface area contributed by atoms with Gasteiger partial charge in [0.25, 0.3) is 0 Å². The predicted molar refractivity (Wildman–Crippen MR) is 501 cm³/mol. The van der Waals surface area contributed by atoms with E-state index in [0.717, 1.165) is 75.9 Å². The van der Waals surface area contributed by atoms with Gasteiger partial charge in [-0.05, 0) is 289 Å². The predicted octanol–water partition coefficient (Wildman–Crippen LogP) is 21.4. The fraction of sp³-hybridized carbons (Fsp3) is 0.643. The fourth-order valence-electron chi connectivity index (χ4n) is 13.3. The van der Waals surface area contributed by atoms with Crippen LogP contribution < -0.4 is 53.2 Å². The number of allylic oxidation sites excluding steroid dienone is 4. The molecular formula is C98H171ClN12O4. The second-order valence-corrected chi connectivity index (χ2v) is 36.5. The average Bonchev–Trinajstić information content (AvgIpc) is 1.32. The number of ether oxygens (including phenoxy) is 1. The number of likely N-dealkylation sites (tertiary alicyclic amines) is 2. The number of piperidine rings is 3. The van der Waals surface area contributed by atoms with Gasteiger partial charge in [-0.2, -0.15) is 0 Å². The minimum atomic E-state index is -0.496. The zero-order chi connectivity index (χ0) is 87.5. The summed E-state index contributed by atoms with van der Waals surface area (Å²) >= 11 is 5.77. The molecule has 3 aromatic rings. The molecule has 3 amide bonds. The molecule has 3 saturated heterocycles. The number of hydrogen-bond acceptors (Lipinski definition) is 13. The van der Waals surface area contributed by atoms with Crippen LogP contribution in [0.2, 0.25) is 5.02 Å². The molecule has 5 fully saturated rings. The Kier molecular flexibility index (Phi) is 56.6. The van der Waals surface area contributed by atoms with Crippen molar-refractivity contribution in [2.45, 2.75) is 322 Å². The molecule has 3 aliphatic heterocycles.